The van der Waals surface area contributed by atoms with Crippen molar-refractivity contribution in [3.8, 4) is 17.0 Å². The molecule has 25 heavy (non-hydrogen) atoms. The van der Waals surface area contributed by atoms with Crippen LogP contribution in [0, 0.1) is 0 Å². The molecule has 0 aliphatic carbocycles. The number of aromatic amines is 1. The molecule has 0 saturated heterocycles. The van der Waals surface area contributed by atoms with Crippen molar-refractivity contribution in [3.05, 3.63) is 58.6 Å². The normalized spacial score (nSPS) is 10.8. The Morgan fingerprint density at radius 2 is 2.16 bits per heavy atom. The number of hydrogen-bond acceptors (Lipinski definition) is 4. The van der Waals surface area contributed by atoms with Crippen molar-refractivity contribution in [1.29, 1.82) is 0 Å². The molecular weight excluding hydrogens is 320 g/mol. The topological polar surface area (TPSA) is 98.3 Å². The highest BCUT2D eigenvalue weighted by molar-refractivity contribution is 5.84. The molecule has 0 bridgehead atoms. The van der Waals surface area contributed by atoms with Crippen LogP contribution in [0.4, 0.5) is 0 Å². The Morgan fingerprint density at radius 1 is 1.32 bits per heavy atom. The first kappa shape index (κ1) is 16.9. The lowest BCUT2D eigenvalue weighted by molar-refractivity contribution is -0.364. The van der Waals surface area contributed by atoms with E-state index < -0.39 is 5.97 Å². The van der Waals surface area contributed by atoms with Gasteiger partial charge in [0.1, 0.15) is 23.2 Å². The second kappa shape index (κ2) is 7.27. The van der Waals surface area contributed by atoms with Crippen molar-refractivity contribution >= 4 is 16.9 Å². The van der Waals surface area contributed by atoms with Gasteiger partial charge in [0.05, 0.1) is 5.39 Å². The number of H-pyrrole nitrogens is 1. The molecule has 6 nitrogen and oxygen atoms in total. The first-order valence-corrected chi connectivity index (χ1v) is 8.19. The third-order valence-corrected chi connectivity index (χ3v) is 3.90. The highest BCUT2D eigenvalue weighted by Crippen LogP contribution is 2.27. The van der Waals surface area contributed by atoms with Gasteiger partial charge in [-0.25, -0.2) is 9.78 Å². The Labute approximate surface area is 144 Å². The van der Waals surface area contributed by atoms with Crippen molar-refractivity contribution in [3.63, 3.8) is 0 Å². The van der Waals surface area contributed by atoms with Crippen LogP contribution in [-0.2, 0) is 11.2 Å². The maximum Gasteiger partial charge on any atom is 0.366 e. The first-order valence-electron chi connectivity index (χ1n) is 8.19. The zero-order valence-electron chi connectivity index (χ0n) is 14.0. The number of aryl methyl sites for hydroxylation is 1. The molecule has 3 aromatic rings. The quantitative estimate of drug-likeness (QED) is 0.560. The van der Waals surface area contributed by atoms with Crippen LogP contribution >= 0.6 is 0 Å². The van der Waals surface area contributed by atoms with Gasteiger partial charge < -0.3 is 14.9 Å². The molecule has 128 valence electrons. The number of carbonyl (C=O) groups excluding carboxylic acids is 1. The minimum Gasteiger partial charge on any atom is -0.463 e. The van der Waals surface area contributed by atoms with E-state index >= 15 is 0 Å². The fourth-order valence-electron chi connectivity index (χ4n) is 2.68. The molecule has 0 radical (unpaired) electrons. The molecule has 0 saturated carbocycles. The fraction of sp³-hybridized carbons (Fsp3) is 0.211. The van der Waals surface area contributed by atoms with Crippen LogP contribution in [0.1, 0.15) is 18.9 Å². The average molecular weight is 340 g/mol. The number of benzene rings is 1. The monoisotopic (exact) mass is 340 g/mol. The van der Waals surface area contributed by atoms with Crippen LogP contribution in [0.5, 0.6) is 5.75 Å². The molecule has 6 heteroatoms. The molecule has 0 amide bonds. The second-order valence-corrected chi connectivity index (χ2v) is 5.68. The van der Waals surface area contributed by atoms with E-state index in [0.29, 0.717) is 34.4 Å². The number of fused-ring (bicyclic) bond motifs is 1. The number of hydrogen-bond donors (Lipinski definition) is 1. The molecule has 0 aliphatic rings. The summed E-state index contributed by atoms with van der Waals surface area (Å²) in [5.74, 6) is -0.000251. The van der Waals surface area contributed by atoms with Gasteiger partial charge in [-0.05, 0) is 24.1 Å². The van der Waals surface area contributed by atoms with Crippen LogP contribution < -0.4 is 20.9 Å². The standard InChI is InChI=1S/C19H18N2O4/c1-2-5-12-8-13-17(9-16(12)25-18(22)10-20)24-11-14(19(13)23)15-6-3-4-7-21-15/h3-4,6-9,11H,2,5,10,20H2,1H3/p+2. The summed E-state index contributed by atoms with van der Waals surface area (Å²) in [6, 6.07) is 8.86. The lowest BCUT2D eigenvalue weighted by atomic mass is 10.0. The minimum absolute atomic E-state index is 0.0380. The fourth-order valence-corrected chi connectivity index (χ4v) is 2.68. The van der Waals surface area contributed by atoms with Crippen molar-refractivity contribution in [2.75, 3.05) is 6.54 Å². The molecule has 4 N–H and O–H groups in total. The minimum atomic E-state index is -0.422. The van der Waals surface area contributed by atoms with E-state index in [1.165, 1.54) is 6.26 Å². The maximum atomic E-state index is 12.9. The van der Waals surface area contributed by atoms with Crippen molar-refractivity contribution in [2.45, 2.75) is 19.8 Å². The van der Waals surface area contributed by atoms with Gasteiger partial charge in [0.2, 0.25) is 11.1 Å². The lowest BCUT2D eigenvalue weighted by Crippen LogP contribution is -2.55. The summed E-state index contributed by atoms with van der Waals surface area (Å²) < 4.78 is 11.0. The highest BCUT2D eigenvalue weighted by atomic mass is 16.5. The molecule has 2 heterocycles. The predicted octanol–water partition coefficient (Wildman–Crippen LogP) is 1.37. The maximum absolute atomic E-state index is 12.9. The van der Waals surface area contributed by atoms with Gasteiger partial charge in [0.25, 0.3) is 0 Å². The molecule has 0 fully saturated rings. The van der Waals surface area contributed by atoms with E-state index in [9.17, 15) is 9.59 Å². The Hall–Kier alpha value is -2.99. The van der Waals surface area contributed by atoms with Gasteiger partial charge in [0.15, 0.2) is 12.7 Å². The van der Waals surface area contributed by atoms with Crippen molar-refractivity contribution in [2.24, 2.45) is 0 Å². The van der Waals surface area contributed by atoms with Crippen LogP contribution in [-0.4, -0.2) is 12.5 Å². The number of ether oxygens (including phenoxy) is 1. The summed E-state index contributed by atoms with van der Waals surface area (Å²) >= 11 is 0. The zero-order chi connectivity index (χ0) is 17.8. The Morgan fingerprint density at radius 3 is 2.84 bits per heavy atom. The molecule has 3 rings (SSSR count). The third-order valence-electron chi connectivity index (χ3n) is 3.90. The van der Waals surface area contributed by atoms with Crippen LogP contribution in [0.15, 0.2) is 52.0 Å². The van der Waals surface area contributed by atoms with E-state index in [1.54, 1.807) is 18.3 Å². The molecule has 0 spiro atoms. The Balaban J connectivity index is 2.17. The number of aromatic nitrogens is 1. The summed E-state index contributed by atoms with van der Waals surface area (Å²) in [5, 5.41) is 0.465. The smallest absolute Gasteiger partial charge is 0.366 e. The number of esters is 1. The summed E-state index contributed by atoms with van der Waals surface area (Å²) in [4.78, 5) is 27.5. The second-order valence-electron chi connectivity index (χ2n) is 5.68. The largest absolute Gasteiger partial charge is 0.463 e. The number of carbonyl (C=O) groups is 1. The van der Waals surface area contributed by atoms with Crippen LogP contribution in [0.25, 0.3) is 22.2 Å². The number of pyridine rings is 1. The lowest BCUT2D eigenvalue weighted by Gasteiger charge is -2.10. The predicted molar refractivity (Wildman–Crippen MR) is 91.9 cm³/mol. The van der Waals surface area contributed by atoms with E-state index in [0.717, 1.165) is 12.0 Å². The molecule has 1 aromatic carbocycles. The van der Waals surface area contributed by atoms with E-state index in [4.69, 9.17) is 9.15 Å². The molecular formula is C19H20N2O4+2. The number of rotatable bonds is 5. The van der Waals surface area contributed by atoms with Gasteiger partial charge in [-0.1, -0.05) is 13.3 Å². The molecule has 0 aliphatic heterocycles. The van der Waals surface area contributed by atoms with Gasteiger partial charge in [0, 0.05) is 18.2 Å². The van der Waals surface area contributed by atoms with Gasteiger partial charge in [-0.2, -0.15) is 0 Å². The van der Waals surface area contributed by atoms with Crippen LogP contribution in [0.2, 0.25) is 0 Å². The Kier molecular flexibility index (Phi) is 4.90. The average Bonchev–Trinajstić information content (AvgIpc) is 2.64. The van der Waals surface area contributed by atoms with Gasteiger partial charge in [-0.3, -0.25) is 4.79 Å². The third kappa shape index (κ3) is 3.44. The number of quaternary nitrogens is 1. The van der Waals surface area contributed by atoms with Crippen molar-refractivity contribution in [1.82, 2.24) is 0 Å². The summed E-state index contributed by atoms with van der Waals surface area (Å²) in [6.45, 7) is 2.06. The SMILES string of the molecule is CCCc1cc2c(=O)c(-c3cccc[nH+]3)coc2cc1OC(=O)C[NH3+]. The molecule has 0 atom stereocenters. The van der Waals surface area contributed by atoms with Crippen molar-refractivity contribution < 1.29 is 24.7 Å². The molecule has 2 aromatic heterocycles. The van der Waals surface area contributed by atoms with E-state index in [1.807, 2.05) is 25.1 Å². The first-order chi connectivity index (χ1) is 12.1. The van der Waals surface area contributed by atoms with Gasteiger partial charge in [-0.15, -0.1) is 0 Å². The van der Waals surface area contributed by atoms with E-state index in [2.05, 4.69) is 10.7 Å². The summed E-state index contributed by atoms with van der Waals surface area (Å²) in [6.07, 6.45) is 4.72. The van der Waals surface area contributed by atoms with E-state index in [-0.39, 0.29) is 12.0 Å². The van der Waals surface area contributed by atoms with Crippen LogP contribution in [0.3, 0.4) is 0 Å². The summed E-state index contributed by atoms with van der Waals surface area (Å²) in [5.41, 5.74) is 5.73. The zero-order valence-corrected chi connectivity index (χ0v) is 14.0. The Bertz CT molecular complexity index is 964. The molecule has 0 unspecified atom stereocenters. The highest BCUT2D eigenvalue weighted by Gasteiger charge is 2.17. The van der Waals surface area contributed by atoms with Gasteiger partial charge >= 0.3 is 5.97 Å². The number of nitrogens with one attached hydrogen (secondary N) is 1. The summed E-state index contributed by atoms with van der Waals surface area (Å²) in [7, 11) is 0.